The van der Waals surface area contributed by atoms with Gasteiger partial charge in [0.1, 0.15) is 0 Å². The van der Waals surface area contributed by atoms with Crippen molar-refractivity contribution in [1.82, 2.24) is 5.43 Å². The van der Waals surface area contributed by atoms with Gasteiger partial charge in [-0.15, -0.1) is 0 Å². The second kappa shape index (κ2) is 5.34. The number of hydrogen-bond donors (Lipinski definition) is 2. The van der Waals surface area contributed by atoms with E-state index < -0.39 is 0 Å². The molecule has 0 amide bonds. The molecule has 1 aliphatic rings. The van der Waals surface area contributed by atoms with E-state index in [9.17, 15) is 0 Å². The fraction of sp³-hybridized carbons (Fsp3) is 0.455. The van der Waals surface area contributed by atoms with E-state index >= 15 is 0 Å². The van der Waals surface area contributed by atoms with Crippen LogP contribution in [0, 0.1) is 5.92 Å². The van der Waals surface area contributed by atoms with Crippen LogP contribution in [0.2, 0.25) is 10.0 Å². The third-order valence-electron chi connectivity index (χ3n) is 2.93. The molecule has 1 aliphatic heterocycles. The number of benzene rings is 1. The van der Waals surface area contributed by atoms with Gasteiger partial charge < -0.3 is 4.74 Å². The molecule has 0 aromatic heterocycles. The van der Waals surface area contributed by atoms with E-state index in [-0.39, 0.29) is 6.04 Å². The van der Waals surface area contributed by atoms with Crippen molar-refractivity contribution in [3.63, 3.8) is 0 Å². The maximum Gasteiger partial charge on any atom is 0.0640 e. The van der Waals surface area contributed by atoms with Crippen molar-refractivity contribution < 1.29 is 4.74 Å². The molecule has 0 aliphatic carbocycles. The van der Waals surface area contributed by atoms with E-state index in [0.717, 1.165) is 18.6 Å². The highest BCUT2D eigenvalue weighted by atomic mass is 35.5. The smallest absolute Gasteiger partial charge is 0.0640 e. The number of nitrogens with two attached hydrogens (primary N) is 1. The molecule has 5 heteroatoms. The molecule has 2 rings (SSSR count). The zero-order chi connectivity index (χ0) is 11.5. The van der Waals surface area contributed by atoms with Crippen molar-refractivity contribution >= 4 is 23.2 Å². The number of hydrazine groups is 1. The largest absolute Gasteiger partial charge is 0.381 e. The second-order valence-corrected chi connectivity index (χ2v) is 4.70. The number of ether oxygens (including phenoxy) is 1. The highest BCUT2D eigenvalue weighted by molar-refractivity contribution is 6.42. The molecule has 3 nitrogen and oxygen atoms in total. The number of nitrogens with one attached hydrogen (secondary N) is 1. The predicted molar refractivity (Wildman–Crippen MR) is 65.5 cm³/mol. The van der Waals surface area contributed by atoms with Crippen molar-refractivity contribution in [2.75, 3.05) is 13.2 Å². The number of halogens is 2. The van der Waals surface area contributed by atoms with Crippen molar-refractivity contribution in [3.8, 4) is 0 Å². The molecule has 16 heavy (non-hydrogen) atoms. The molecule has 1 saturated heterocycles. The average molecular weight is 261 g/mol. The summed E-state index contributed by atoms with van der Waals surface area (Å²) in [5, 5.41) is 1.12. The molecule has 1 heterocycles. The Kier molecular flexibility index (Phi) is 4.05. The molecular formula is C11H14Cl2N2O. The molecule has 1 aromatic rings. The quantitative estimate of drug-likeness (QED) is 0.649. The van der Waals surface area contributed by atoms with Crippen LogP contribution in [0.1, 0.15) is 18.0 Å². The SMILES string of the molecule is NNC(c1cccc(Cl)c1Cl)C1CCOC1. The van der Waals surface area contributed by atoms with E-state index in [1.54, 1.807) is 6.07 Å². The molecule has 1 fully saturated rings. The van der Waals surface area contributed by atoms with Crippen LogP contribution in [0.4, 0.5) is 0 Å². The summed E-state index contributed by atoms with van der Waals surface area (Å²) >= 11 is 12.2. The molecule has 0 radical (unpaired) electrons. The third-order valence-corrected chi connectivity index (χ3v) is 3.77. The topological polar surface area (TPSA) is 47.3 Å². The summed E-state index contributed by atoms with van der Waals surface area (Å²) in [5.74, 6) is 5.94. The van der Waals surface area contributed by atoms with Crippen LogP contribution < -0.4 is 11.3 Å². The molecular weight excluding hydrogens is 247 g/mol. The average Bonchev–Trinajstić information content (AvgIpc) is 2.79. The first-order valence-electron chi connectivity index (χ1n) is 5.22. The zero-order valence-corrected chi connectivity index (χ0v) is 10.3. The summed E-state index contributed by atoms with van der Waals surface area (Å²) in [6, 6.07) is 5.58. The Hall–Kier alpha value is -0.320. The maximum atomic E-state index is 6.18. The van der Waals surface area contributed by atoms with Crippen LogP contribution in [0.15, 0.2) is 18.2 Å². The van der Waals surface area contributed by atoms with Gasteiger partial charge in [0.2, 0.25) is 0 Å². The van der Waals surface area contributed by atoms with Crippen LogP contribution in [0.25, 0.3) is 0 Å². The fourth-order valence-corrected chi connectivity index (χ4v) is 2.48. The zero-order valence-electron chi connectivity index (χ0n) is 8.75. The van der Waals surface area contributed by atoms with Gasteiger partial charge in [0.15, 0.2) is 0 Å². The summed E-state index contributed by atoms with van der Waals surface area (Å²) in [6.45, 7) is 1.48. The van der Waals surface area contributed by atoms with E-state index in [1.165, 1.54) is 0 Å². The first kappa shape index (κ1) is 12.1. The molecule has 2 atom stereocenters. The summed E-state index contributed by atoms with van der Waals surface area (Å²) in [4.78, 5) is 0. The Morgan fingerprint density at radius 3 is 2.88 bits per heavy atom. The summed E-state index contributed by atoms with van der Waals surface area (Å²) < 4.78 is 5.36. The first-order valence-corrected chi connectivity index (χ1v) is 5.97. The van der Waals surface area contributed by atoms with Gasteiger partial charge in [0.25, 0.3) is 0 Å². The van der Waals surface area contributed by atoms with Gasteiger partial charge in [0, 0.05) is 12.5 Å². The molecule has 3 N–H and O–H groups in total. The van der Waals surface area contributed by atoms with E-state index in [2.05, 4.69) is 5.43 Å². The molecule has 2 unspecified atom stereocenters. The lowest BCUT2D eigenvalue weighted by molar-refractivity contribution is 0.177. The van der Waals surface area contributed by atoms with E-state index in [0.29, 0.717) is 22.6 Å². The second-order valence-electron chi connectivity index (χ2n) is 3.91. The van der Waals surface area contributed by atoms with Crippen LogP contribution in [-0.4, -0.2) is 13.2 Å². The molecule has 0 saturated carbocycles. The minimum absolute atomic E-state index is 0.00583. The van der Waals surface area contributed by atoms with Gasteiger partial charge >= 0.3 is 0 Å². The lowest BCUT2D eigenvalue weighted by Gasteiger charge is -2.23. The Morgan fingerprint density at radius 2 is 2.25 bits per heavy atom. The Bertz CT molecular complexity index is 367. The standard InChI is InChI=1S/C11H14Cl2N2O/c12-9-3-1-2-8(10(9)13)11(15-14)7-4-5-16-6-7/h1-3,7,11,15H,4-6,14H2. The van der Waals surface area contributed by atoms with Crippen molar-refractivity contribution in [2.45, 2.75) is 12.5 Å². The third kappa shape index (κ3) is 2.34. The number of hydrogen-bond acceptors (Lipinski definition) is 3. The van der Waals surface area contributed by atoms with Crippen molar-refractivity contribution in [3.05, 3.63) is 33.8 Å². The summed E-state index contributed by atoms with van der Waals surface area (Å²) in [7, 11) is 0. The lowest BCUT2D eigenvalue weighted by atomic mass is 9.93. The molecule has 0 spiro atoms. The molecule has 1 aromatic carbocycles. The minimum atomic E-state index is -0.00583. The van der Waals surface area contributed by atoms with Crippen LogP contribution >= 0.6 is 23.2 Å². The van der Waals surface area contributed by atoms with Crippen molar-refractivity contribution in [1.29, 1.82) is 0 Å². The number of rotatable bonds is 3. The van der Waals surface area contributed by atoms with Crippen LogP contribution in [-0.2, 0) is 4.74 Å². The van der Waals surface area contributed by atoms with E-state index in [1.807, 2.05) is 12.1 Å². The highest BCUT2D eigenvalue weighted by Crippen LogP contribution is 2.35. The van der Waals surface area contributed by atoms with Gasteiger partial charge in [0.05, 0.1) is 22.7 Å². The first-order chi connectivity index (χ1) is 7.74. The van der Waals surface area contributed by atoms with Gasteiger partial charge in [-0.25, -0.2) is 0 Å². The highest BCUT2D eigenvalue weighted by Gasteiger charge is 2.28. The monoisotopic (exact) mass is 260 g/mol. The predicted octanol–water partition coefficient (Wildman–Crippen LogP) is 2.53. The van der Waals surface area contributed by atoms with Crippen molar-refractivity contribution in [2.24, 2.45) is 11.8 Å². The fourth-order valence-electron chi connectivity index (χ4n) is 2.06. The molecule has 88 valence electrons. The summed E-state index contributed by atoms with van der Waals surface area (Å²) in [6.07, 6.45) is 0.984. The Labute approximate surface area is 105 Å². The van der Waals surface area contributed by atoms with Gasteiger partial charge in [-0.1, -0.05) is 35.3 Å². The maximum absolute atomic E-state index is 6.18. The molecule has 0 bridgehead atoms. The van der Waals surface area contributed by atoms with Crippen LogP contribution in [0.3, 0.4) is 0 Å². The van der Waals surface area contributed by atoms with Gasteiger partial charge in [-0.3, -0.25) is 11.3 Å². The minimum Gasteiger partial charge on any atom is -0.381 e. The van der Waals surface area contributed by atoms with Gasteiger partial charge in [-0.2, -0.15) is 0 Å². The van der Waals surface area contributed by atoms with Crippen LogP contribution in [0.5, 0.6) is 0 Å². The summed E-state index contributed by atoms with van der Waals surface area (Å²) in [5.41, 5.74) is 3.74. The van der Waals surface area contributed by atoms with Gasteiger partial charge in [-0.05, 0) is 18.1 Å². The Morgan fingerprint density at radius 1 is 1.44 bits per heavy atom. The van der Waals surface area contributed by atoms with E-state index in [4.69, 9.17) is 33.8 Å². The lowest BCUT2D eigenvalue weighted by Crippen LogP contribution is -2.34. The Balaban J connectivity index is 2.28. The normalized spacial score (nSPS) is 22.3.